The van der Waals surface area contributed by atoms with Crippen LogP contribution in [0.15, 0.2) is 17.2 Å². The summed E-state index contributed by atoms with van der Waals surface area (Å²) in [5, 5.41) is 15.5. The Kier molecular flexibility index (Phi) is 3.83. The zero-order valence-electron chi connectivity index (χ0n) is 11.9. The minimum atomic E-state index is -3.96. The summed E-state index contributed by atoms with van der Waals surface area (Å²) in [4.78, 5) is 11.7. The van der Waals surface area contributed by atoms with Gasteiger partial charge in [0.2, 0.25) is 15.9 Å². The van der Waals surface area contributed by atoms with Gasteiger partial charge in [0.15, 0.2) is 5.82 Å². The number of carbonyl (C=O) groups excluding carboxylic acids is 1. The number of hydrogen-bond donors (Lipinski definition) is 2. The van der Waals surface area contributed by atoms with Crippen molar-refractivity contribution in [1.82, 2.24) is 19.6 Å². The van der Waals surface area contributed by atoms with E-state index in [9.17, 15) is 13.2 Å². The Morgan fingerprint density at radius 3 is 2.57 bits per heavy atom. The number of anilines is 1. The second-order valence-corrected chi connectivity index (χ2v) is 6.22. The van der Waals surface area contributed by atoms with Gasteiger partial charge in [-0.1, -0.05) is 0 Å². The Balaban J connectivity index is 2.19. The Bertz CT molecular complexity index is 789. The molecule has 0 bridgehead atoms. The van der Waals surface area contributed by atoms with Gasteiger partial charge in [0.25, 0.3) is 0 Å². The van der Waals surface area contributed by atoms with E-state index in [1.807, 2.05) is 19.9 Å². The van der Waals surface area contributed by atoms with Crippen LogP contribution in [0.2, 0.25) is 0 Å². The van der Waals surface area contributed by atoms with Gasteiger partial charge in [0.1, 0.15) is 11.4 Å². The highest BCUT2D eigenvalue weighted by Gasteiger charge is 2.20. The average Bonchev–Trinajstić information content (AvgIpc) is 2.82. The van der Waals surface area contributed by atoms with E-state index in [0.29, 0.717) is 0 Å². The number of nitrogens with one attached hydrogen (secondary N) is 1. The first-order valence-electron chi connectivity index (χ1n) is 6.04. The van der Waals surface area contributed by atoms with Crippen LogP contribution in [-0.2, 0) is 28.4 Å². The zero-order chi connectivity index (χ0) is 15.8. The number of primary sulfonamides is 1. The van der Waals surface area contributed by atoms with Gasteiger partial charge in [-0.2, -0.15) is 10.2 Å². The Labute approximate surface area is 121 Å². The molecule has 2 rings (SSSR count). The summed E-state index contributed by atoms with van der Waals surface area (Å²) in [5.74, 6) is -0.531. The van der Waals surface area contributed by atoms with Crippen LogP contribution in [0, 0.1) is 13.8 Å². The first-order chi connectivity index (χ1) is 9.66. The smallest absolute Gasteiger partial charge is 0.247 e. The molecule has 0 unspecified atom stereocenters. The molecule has 0 saturated carbocycles. The Hall–Kier alpha value is -2.20. The molecule has 9 nitrogen and oxygen atoms in total. The average molecular weight is 312 g/mol. The monoisotopic (exact) mass is 312 g/mol. The lowest BCUT2D eigenvalue weighted by Gasteiger charge is -2.05. The SMILES string of the molecule is Cc1cc(C)n(CC(=O)Nc2nn(C)cc2S(N)(=O)=O)n1. The first kappa shape index (κ1) is 15.2. The standard InChI is InChI=1S/C11H16N6O3S/c1-7-4-8(2)17(14-7)6-10(18)13-11-9(21(12,19)20)5-16(3)15-11/h4-5H,6H2,1-3H3,(H2,12,19,20)(H,13,15,18). The van der Waals surface area contributed by atoms with Crippen molar-refractivity contribution in [3.05, 3.63) is 23.7 Å². The fraction of sp³-hybridized carbons (Fsp3) is 0.364. The first-order valence-corrected chi connectivity index (χ1v) is 7.59. The maximum atomic E-state index is 12.0. The number of aromatic nitrogens is 4. The largest absolute Gasteiger partial charge is 0.306 e. The summed E-state index contributed by atoms with van der Waals surface area (Å²) in [7, 11) is -2.42. The quantitative estimate of drug-likeness (QED) is 0.788. The summed E-state index contributed by atoms with van der Waals surface area (Å²) < 4.78 is 25.6. The molecule has 2 aromatic heterocycles. The molecule has 0 spiro atoms. The van der Waals surface area contributed by atoms with Crippen LogP contribution in [-0.4, -0.2) is 33.9 Å². The summed E-state index contributed by atoms with van der Waals surface area (Å²) in [6.07, 6.45) is 1.23. The minimum Gasteiger partial charge on any atom is -0.306 e. The molecule has 21 heavy (non-hydrogen) atoms. The van der Waals surface area contributed by atoms with Crippen molar-refractivity contribution in [3.63, 3.8) is 0 Å². The fourth-order valence-corrected chi connectivity index (χ4v) is 2.56. The van der Waals surface area contributed by atoms with Gasteiger partial charge in [-0.05, 0) is 19.9 Å². The van der Waals surface area contributed by atoms with Gasteiger partial charge < -0.3 is 5.32 Å². The molecular weight excluding hydrogens is 296 g/mol. The predicted octanol–water partition coefficient (Wildman–Crippen LogP) is -0.480. The fourth-order valence-electron chi connectivity index (χ4n) is 1.90. The third-order valence-corrected chi connectivity index (χ3v) is 3.67. The van der Waals surface area contributed by atoms with Crippen molar-refractivity contribution in [2.75, 3.05) is 5.32 Å². The van der Waals surface area contributed by atoms with E-state index < -0.39 is 15.9 Å². The van der Waals surface area contributed by atoms with Crippen LogP contribution >= 0.6 is 0 Å². The molecule has 0 aliphatic heterocycles. The molecule has 3 N–H and O–H groups in total. The van der Waals surface area contributed by atoms with Crippen LogP contribution in [0.4, 0.5) is 5.82 Å². The maximum absolute atomic E-state index is 12.0. The van der Waals surface area contributed by atoms with Crippen molar-refractivity contribution in [2.24, 2.45) is 12.2 Å². The number of nitrogens with two attached hydrogens (primary N) is 1. The molecular formula is C11H16N6O3S. The third kappa shape index (κ3) is 3.47. The van der Waals surface area contributed by atoms with Crippen molar-refractivity contribution < 1.29 is 13.2 Å². The molecule has 1 amide bonds. The molecule has 2 aromatic rings. The second kappa shape index (κ2) is 5.30. The lowest BCUT2D eigenvalue weighted by Crippen LogP contribution is -2.22. The molecule has 0 aliphatic carbocycles. The van der Waals surface area contributed by atoms with Gasteiger partial charge >= 0.3 is 0 Å². The Morgan fingerprint density at radius 2 is 2.05 bits per heavy atom. The number of sulfonamides is 1. The number of hydrogen-bond acceptors (Lipinski definition) is 5. The predicted molar refractivity (Wildman–Crippen MR) is 74.9 cm³/mol. The van der Waals surface area contributed by atoms with Crippen LogP contribution in [0.3, 0.4) is 0 Å². The van der Waals surface area contributed by atoms with Crippen molar-refractivity contribution in [1.29, 1.82) is 0 Å². The van der Waals surface area contributed by atoms with Gasteiger partial charge in [-0.25, -0.2) is 13.6 Å². The molecule has 0 radical (unpaired) electrons. The third-order valence-electron chi connectivity index (χ3n) is 2.76. The lowest BCUT2D eigenvalue weighted by atomic mass is 10.4. The van der Waals surface area contributed by atoms with Crippen molar-refractivity contribution in [3.8, 4) is 0 Å². The van der Waals surface area contributed by atoms with Crippen LogP contribution in [0.1, 0.15) is 11.4 Å². The van der Waals surface area contributed by atoms with E-state index in [0.717, 1.165) is 11.4 Å². The summed E-state index contributed by atoms with van der Waals surface area (Å²) in [5.41, 5.74) is 1.62. The van der Waals surface area contributed by atoms with Crippen LogP contribution in [0.25, 0.3) is 0 Å². The van der Waals surface area contributed by atoms with Crippen LogP contribution in [0.5, 0.6) is 0 Å². The van der Waals surface area contributed by atoms with Crippen LogP contribution < -0.4 is 10.5 Å². The molecule has 10 heteroatoms. The highest BCUT2D eigenvalue weighted by molar-refractivity contribution is 7.89. The highest BCUT2D eigenvalue weighted by Crippen LogP contribution is 2.17. The molecule has 0 atom stereocenters. The number of amides is 1. The number of aryl methyl sites for hydroxylation is 3. The molecule has 2 heterocycles. The highest BCUT2D eigenvalue weighted by atomic mass is 32.2. The maximum Gasteiger partial charge on any atom is 0.247 e. The minimum absolute atomic E-state index is 0.0414. The normalized spacial score (nSPS) is 11.6. The molecule has 0 aliphatic rings. The van der Waals surface area contributed by atoms with Gasteiger partial charge in [0.05, 0.1) is 5.69 Å². The lowest BCUT2D eigenvalue weighted by molar-refractivity contribution is -0.117. The Morgan fingerprint density at radius 1 is 1.38 bits per heavy atom. The van der Waals surface area contributed by atoms with E-state index in [4.69, 9.17) is 5.14 Å². The van der Waals surface area contributed by atoms with E-state index in [1.54, 1.807) is 0 Å². The number of rotatable bonds is 4. The van der Waals surface area contributed by atoms with Gasteiger partial charge in [-0.15, -0.1) is 0 Å². The zero-order valence-corrected chi connectivity index (χ0v) is 12.7. The molecule has 114 valence electrons. The summed E-state index contributed by atoms with van der Waals surface area (Å²) in [6.45, 7) is 3.60. The number of carbonyl (C=O) groups is 1. The van der Waals surface area contributed by atoms with Gasteiger partial charge in [-0.3, -0.25) is 14.2 Å². The molecule has 0 fully saturated rings. The molecule has 0 saturated heterocycles. The number of nitrogens with zero attached hydrogens (tertiary/aromatic N) is 4. The van der Waals surface area contributed by atoms with Gasteiger partial charge in [0, 0.05) is 18.9 Å². The van der Waals surface area contributed by atoms with E-state index in [1.165, 1.54) is 22.6 Å². The van der Waals surface area contributed by atoms with Crippen molar-refractivity contribution >= 4 is 21.7 Å². The van der Waals surface area contributed by atoms with Crippen molar-refractivity contribution in [2.45, 2.75) is 25.3 Å². The summed E-state index contributed by atoms with van der Waals surface area (Å²) >= 11 is 0. The van der Waals surface area contributed by atoms with E-state index in [-0.39, 0.29) is 17.3 Å². The van der Waals surface area contributed by atoms with E-state index in [2.05, 4.69) is 15.5 Å². The molecule has 0 aromatic carbocycles. The summed E-state index contributed by atoms with van der Waals surface area (Å²) in [6, 6.07) is 1.84. The topological polar surface area (TPSA) is 125 Å². The van der Waals surface area contributed by atoms with E-state index >= 15 is 0 Å². The second-order valence-electron chi connectivity index (χ2n) is 4.69.